The van der Waals surface area contributed by atoms with Crippen molar-refractivity contribution in [2.24, 2.45) is 0 Å². The number of hydrogen-bond donors (Lipinski definition) is 7. The highest BCUT2D eigenvalue weighted by Crippen LogP contribution is 2.26. The van der Waals surface area contributed by atoms with Gasteiger partial charge in [0.05, 0.1) is 50.4 Å². The first-order chi connectivity index (χ1) is 29.1. The molecule has 0 saturated carbocycles. The van der Waals surface area contributed by atoms with Crippen LogP contribution in [0.15, 0.2) is 0 Å². The highest BCUT2D eigenvalue weighted by atomic mass is 32.2. The Morgan fingerprint density at radius 1 is 0.623 bits per heavy atom. The zero-order chi connectivity index (χ0) is 45.3. The number of imide groups is 2. The maximum Gasteiger partial charge on any atom is 0.407 e. The second-order valence-corrected chi connectivity index (χ2v) is 14.9. The number of likely N-dealkylation sites (tertiary alicyclic amines) is 2. The third-order valence-electron chi connectivity index (χ3n) is 8.84. The predicted octanol–water partition coefficient (Wildman–Crippen LogP) is -0.982. The minimum atomic E-state index is -1.18. The number of unbranched alkanes of at least 4 members (excludes halogenated alkanes) is 1. The van der Waals surface area contributed by atoms with Gasteiger partial charge < -0.3 is 46.7 Å². The van der Waals surface area contributed by atoms with Crippen molar-refractivity contribution in [3.63, 3.8) is 0 Å². The molecule has 3 atom stereocenters. The molecule has 2 aliphatic heterocycles. The maximum atomic E-state index is 13.5. The molecular weight excluding hydrogens is 857 g/mol. The van der Waals surface area contributed by atoms with Crippen molar-refractivity contribution in [3.8, 4) is 0 Å². The number of carbonyl (C=O) groups is 11. The van der Waals surface area contributed by atoms with E-state index in [0.717, 1.165) is 9.80 Å². The van der Waals surface area contributed by atoms with E-state index in [4.69, 9.17) is 9.47 Å². The molecule has 342 valence electrons. The molecule has 0 aliphatic carbocycles. The zero-order valence-electron chi connectivity index (χ0n) is 33.8. The normalized spacial score (nSPS) is 17.0. The van der Waals surface area contributed by atoms with E-state index in [-0.39, 0.29) is 115 Å². The van der Waals surface area contributed by atoms with Gasteiger partial charge in [0, 0.05) is 77.5 Å². The smallest absolute Gasteiger partial charge is 0.407 e. The predicted molar refractivity (Wildman–Crippen MR) is 213 cm³/mol. The monoisotopic (exact) mass is 909 g/mol. The standard InChI is InChI=1S/C35H53F2N9O13S2/c1-3-58-34(56)42-10-6-5-7-22(44-35(57)59-4-2)31(53)43-21(17-27(49)40-13-11-38-25(47)8-15-45-29(51)19-23(60-36)32(45)54)18-28(50)41-14-12-39-26(48)9-16-46-30(52)20-24(61-37)33(46)55/h21-24H,3-20H2,1-2H3,(H,38,47)(H,39,48)(H,40,49)(H,41,50)(H,42,56)(H,43,53)(H,44,57). The average Bonchev–Trinajstić information content (AvgIpc) is 3.65. The Hall–Kier alpha value is -5.27. The topological polar surface area (TPSA) is 297 Å². The number of rotatable bonds is 28. The molecule has 0 spiro atoms. The third-order valence-corrected chi connectivity index (χ3v) is 10.0. The number of carbonyl (C=O) groups excluding carboxylic acids is 11. The summed E-state index contributed by atoms with van der Waals surface area (Å²) in [5.41, 5.74) is 0. The summed E-state index contributed by atoms with van der Waals surface area (Å²) in [6, 6.07) is -2.32. The summed E-state index contributed by atoms with van der Waals surface area (Å²) >= 11 is -0.479. The summed E-state index contributed by atoms with van der Waals surface area (Å²) in [6.45, 7) is 2.77. The Morgan fingerprint density at radius 2 is 1.07 bits per heavy atom. The Balaban J connectivity index is 1.96. The van der Waals surface area contributed by atoms with E-state index in [0.29, 0.717) is 12.8 Å². The molecule has 22 nitrogen and oxygen atoms in total. The van der Waals surface area contributed by atoms with Crippen LogP contribution in [0.25, 0.3) is 0 Å². The largest absolute Gasteiger partial charge is 0.450 e. The van der Waals surface area contributed by atoms with E-state index in [1.54, 1.807) is 13.8 Å². The molecule has 3 unspecified atom stereocenters. The number of ether oxygens (including phenoxy) is 2. The van der Waals surface area contributed by atoms with E-state index in [2.05, 4.69) is 37.2 Å². The van der Waals surface area contributed by atoms with Gasteiger partial charge in [-0.15, -0.1) is 0 Å². The van der Waals surface area contributed by atoms with Gasteiger partial charge in [0.25, 0.3) is 0 Å². The van der Waals surface area contributed by atoms with Crippen LogP contribution in [0.2, 0.25) is 0 Å². The fraction of sp³-hybridized carbons (Fsp3) is 0.686. The van der Waals surface area contributed by atoms with Crippen molar-refractivity contribution < 1.29 is 70.0 Å². The summed E-state index contributed by atoms with van der Waals surface area (Å²) < 4.78 is 35.4. The van der Waals surface area contributed by atoms with Gasteiger partial charge in [-0.3, -0.25) is 53.0 Å². The van der Waals surface area contributed by atoms with Gasteiger partial charge in [0.15, 0.2) is 0 Å². The molecule has 0 aromatic carbocycles. The van der Waals surface area contributed by atoms with Gasteiger partial charge in [-0.25, -0.2) is 9.59 Å². The number of halogens is 2. The molecule has 0 aromatic rings. The molecule has 2 saturated heterocycles. The van der Waals surface area contributed by atoms with Crippen LogP contribution in [0.5, 0.6) is 0 Å². The van der Waals surface area contributed by atoms with Crippen LogP contribution >= 0.6 is 24.3 Å². The molecule has 0 radical (unpaired) electrons. The highest BCUT2D eigenvalue weighted by molar-refractivity contribution is 7.96. The molecule has 0 bridgehead atoms. The minimum absolute atomic E-state index is 0.00331. The lowest BCUT2D eigenvalue weighted by molar-refractivity contribution is -0.140. The summed E-state index contributed by atoms with van der Waals surface area (Å²) in [6.07, 6.45) is -2.70. The number of nitrogens with zero attached hydrogens (tertiary/aromatic N) is 2. The van der Waals surface area contributed by atoms with E-state index in [1.807, 2.05) is 0 Å². The van der Waals surface area contributed by atoms with Crippen LogP contribution < -0.4 is 37.2 Å². The highest BCUT2D eigenvalue weighted by Gasteiger charge is 2.40. The summed E-state index contributed by atoms with van der Waals surface area (Å²) in [5, 5.41) is 15.4. The lowest BCUT2D eigenvalue weighted by atomic mass is 10.1. The average molecular weight is 910 g/mol. The van der Waals surface area contributed by atoms with Crippen LogP contribution in [0.1, 0.15) is 71.6 Å². The number of alkyl carbamates (subject to hydrolysis) is 2. The van der Waals surface area contributed by atoms with E-state index in [1.165, 1.54) is 0 Å². The number of amides is 11. The Bertz CT molecular complexity index is 1520. The van der Waals surface area contributed by atoms with E-state index in [9.17, 15) is 60.5 Å². The van der Waals surface area contributed by atoms with Crippen molar-refractivity contribution in [1.82, 2.24) is 47.0 Å². The molecular formula is C35H53F2N9O13S2. The van der Waals surface area contributed by atoms with E-state index >= 15 is 0 Å². The van der Waals surface area contributed by atoms with Crippen LogP contribution in [0.4, 0.5) is 17.4 Å². The van der Waals surface area contributed by atoms with Gasteiger partial charge in [0.2, 0.25) is 53.2 Å². The summed E-state index contributed by atoms with van der Waals surface area (Å²) in [4.78, 5) is 137. The van der Waals surface area contributed by atoms with Crippen LogP contribution in [-0.2, 0) is 52.6 Å². The van der Waals surface area contributed by atoms with Crippen molar-refractivity contribution in [2.75, 3.05) is 59.0 Å². The molecule has 2 rings (SSSR count). The maximum absolute atomic E-state index is 13.5. The lowest BCUT2D eigenvalue weighted by Crippen LogP contribution is -2.51. The summed E-state index contributed by atoms with van der Waals surface area (Å²) in [5.74, 6) is -5.77. The van der Waals surface area contributed by atoms with Crippen LogP contribution in [-0.4, -0.2) is 157 Å². The van der Waals surface area contributed by atoms with Crippen molar-refractivity contribution in [2.45, 2.75) is 94.2 Å². The Kier molecular flexibility index (Phi) is 24.1. The molecule has 2 fully saturated rings. The van der Waals surface area contributed by atoms with Gasteiger partial charge in [0.1, 0.15) is 16.5 Å². The fourth-order valence-electron chi connectivity index (χ4n) is 5.82. The molecule has 0 aromatic heterocycles. The second kappa shape index (κ2) is 28.3. The summed E-state index contributed by atoms with van der Waals surface area (Å²) in [7, 11) is 0. The van der Waals surface area contributed by atoms with Gasteiger partial charge in [-0.2, -0.15) is 7.77 Å². The van der Waals surface area contributed by atoms with Crippen molar-refractivity contribution in [3.05, 3.63) is 0 Å². The third kappa shape index (κ3) is 19.3. The fourth-order valence-corrected chi connectivity index (χ4v) is 6.64. The first-order valence-electron chi connectivity index (χ1n) is 19.6. The number of hydrogen-bond acceptors (Lipinski definition) is 15. The van der Waals surface area contributed by atoms with E-state index < -0.39 is 101 Å². The first-order valence-corrected chi connectivity index (χ1v) is 21.1. The molecule has 11 amide bonds. The second-order valence-electron chi connectivity index (χ2n) is 13.4. The zero-order valence-corrected chi connectivity index (χ0v) is 35.4. The molecule has 61 heavy (non-hydrogen) atoms. The van der Waals surface area contributed by atoms with Gasteiger partial charge in [-0.1, -0.05) is 0 Å². The van der Waals surface area contributed by atoms with Gasteiger partial charge >= 0.3 is 12.2 Å². The molecule has 2 heterocycles. The SMILES string of the molecule is CCOC(=O)NCCCCC(NC(=O)OCC)C(=O)NC(CC(=O)NCCNC(=O)CCN1C(=O)CC(SF)C1=O)CC(=O)NCCNC(=O)CCN1C(=O)CC(SF)C1=O. The molecule has 26 heteroatoms. The first kappa shape index (κ1) is 51.9. The Morgan fingerprint density at radius 3 is 1.49 bits per heavy atom. The lowest BCUT2D eigenvalue weighted by Gasteiger charge is -2.23. The molecule has 7 N–H and O–H groups in total. The molecule has 2 aliphatic rings. The minimum Gasteiger partial charge on any atom is -0.450 e. The quantitative estimate of drug-likeness (QED) is 0.0367. The van der Waals surface area contributed by atoms with Crippen molar-refractivity contribution in [1.29, 1.82) is 0 Å². The van der Waals surface area contributed by atoms with Gasteiger partial charge in [-0.05, 0) is 33.1 Å². The van der Waals surface area contributed by atoms with Crippen LogP contribution in [0.3, 0.4) is 0 Å². The number of nitrogens with one attached hydrogen (secondary N) is 7. The van der Waals surface area contributed by atoms with Crippen molar-refractivity contribution >= 4 is 89.6 Å². The van der Waals surface area contributed by atoms with Crippen LogP contribution in [0, 0.1) is 0 Å². The Labute approximate surface area is 359 Å².